The molecule has 7 heteroatoms. The Morgan fingerprint density at radius 1 is 1.43 bits per heavy atom. The van der Waals surface area contributed by atoms with Crippen LogP contribution in [0.1, 0.15) is 21.7 Å². The van der Waals surface area contributed by atoms with E-state index in [1.807, 2.05) is 14.0 Å². The zero-order valence-corrected chi connectivity index (χ0v) is 13.5. The number of nitrogens with zero attached hydrogens (tertiary/aromatic N) is 2. The van der Waals surface area contributed by atoms with Gasteiger partial charge in [0.2, 0.25) is 0 Å². The molecule has 0 aliphatic rings. The lowest BCUT2D eigenvalue weighted by Gasteiger charge is -2.11. The molecule has 0 saturated carbocycles. The van der Waals surface area contributed by atoms with Gasteiger partial charge in [-0.2, -0.15) is 5.10 Å². The smallest absolute Gasteiger partial charge is 0.335 e. The third kappa shape index (κ3) is 3.18. The van der Waals surface area contributed by atoms with E-state index in [1.54, 1.807) is 10.7 Å². The predicted octanol–water partition coefficient (Wildman–Crippen LogP) is 2.78. The summed E-state index contributed by atoms with van der Waals surface area (Å²) in [7, 11) is 3.33. The van der Waals surface area contributed by atoms with Crippen LogP contribution in [0.25, 0.3) is 0 Å². The van der Waals surface area contributed by atoms with Crippen molar-refractivity contribution in [2.75, 3.05) is 7.11 Å². The molecule has 1 N–H and O–H groups in total. The summed E-state index contributed by atoms with van der Waals surface area (Å²) >= 11 is 3.46. The summed E-state index contributed by atoms with van der Waals surface area (Å²) in [4.78, 5) is 11.0. The summed E-state index contributed by atoms with van der Waals surface area (Å²) in [6, 6.07) is 4.48. The molecule has 0 unspecified atom stereocenters. The summed E-state index contributed by atoms with van der Waals surface area (Å²) in [6.07, 6.45) is 0. The van der Waals surface area contributed by atoms with E-state index in [-0.39, 0.29) is 12.2 Å². The Morgan fingerprint density at radius 3 is 2.67 bits per heavy atom. The first-order valence-electron chi connectivity index (χ1n) is 6.16. The first kappa shape index (κ1) is 15.4. The minimum absolute atomic E-state index is 0.144. The molecule has 0 atom stereocenters. The fourth-order valence-corrected chi connectivity index (χ4v) is 2.36. The summed E-state index contributed by atoms with van der Waals surface area (Å²) < 4.78 is 13.5. The van der Waals surface area contributed by atoms with Crippen LogP contribution in [0.15, 0.2) is 22.7 Å². The number of hydrogen-bond donors (Lipinski definition) is 1. The van der Waals surface area contributed by atoms with Crippen molar-refractivity contribution in [3.05, 3.63) is 39.6 Å². The molecule has 112 valence electrons. The average molecular weight is 355 g/mol. The maximum absolute atomic E-state index is 11.0. The van der Waals surface area contributed by atoms with Crippen molar-refractivity contribution in [2.45, 2.75) is 13.5 Å². The monoisotopic (exact) mass is 354 g/mol. The van der Waals surface area contributed by atoms with Gasteiger partial charge in [-0.05, 0) is 41.1 Å². The maximum atomic E-state index is 11.0. The van der Waals surface area contributed by atoms with Crippen LogP contribution in [0.5, 0.6) is 11.5 Å². The Balaban J connectivity index is 2.26. The van der Waals surface area contributed by atoms with Crippen molar-refractivity contribution in [3.63, 3.8) is 0 Å². The highest BCUT2D eigenvalue weighted by Crippen LogP contribution is 2.30. The second-order valence-corrected chi connectivity index (χ2v) is 5.22. The van der Waals surface area contributed by atoms with Crippen LogP contribution in [0.3, 0.4) is 0 Å². The minimum atomic E-state index is -1.01. The number of aromatic carboxylic acids is 1. The first-order chi connectivity index (χ1) is 9.93. The zero-order chi connectivity index (χ0) is 15.6. The highest BCUT2D eigenvalue weighted by Gasteiger charge is 2.14. The second kappa shape index (κ2) is 6.17. The maximum Gasteiger partial charge on any atom is 0.335 e. The van der Waals surface area contributed by atoms with Gasteiger partial charge in [0.1, 0.15) is 6.61 Å². The molecule has 21 heavy (non-hydrogen) atoms. The van der Waals surface area contributed by atoms with Gasteiger partial charge in [-0.3, -0.25) is 4.68 Å². The second-order valence-electron chi connectivity index (χ2n) is 4.43. The number of ether oxygens (including phenoxy) is 2. The lowest BCUT2D eigenvalue weighted by molar-refractivity contribution is 0.0696. The predicted molar refractivity (Wildman–Crippen MR) is 79.9 cm³/mol. The molecular formula is C14H15BrN2O4. The van der Waals surface area contributed by atoms with Gasteiger partial charge in [0.15, 0.2) is 11.5 Å². The van der Waals surface area contributed by atoms with Crippen molar-refractivity contribution in [1.82, 2.24) is 9.78 Å². The van der Waals surface area contributed by atoms with E-state index in [9.17, 15) is 4.79 Å². The van der Waals surface area contributed by atoms with Crippen LogP contribution in [0.2, 0.25) is 0 Å². The molecule has 0 spiro atoms. The molecule has 0 bridgehead atoms. The summed E-state index contributed by atoms with van der Waals surface area (Å²) in [6.45, 7) is 2.14. The van der Waals surface area contributed by atoms with Gasteiger partial charge >= 0.3 is 5.97 Å². The highest BCUT2D eigenvalue weighted by molar-refractivity contribution is 9.10. The quantitative estimate of drug-likeness (QED) is 0.893. The SMILES string of the molecule is COc1ccc(C(=O)O)cc1OCc1c(Br)c(C)nn1C. The Bertz CT molecular complexity index is 682. The van der Waals surface area contributed by atoms with E-state index in [2.05, 4.69) is 21.0 Å². The zero-order valence-electron chi connectivity index (χ0n) is 11.9. The molecule has 1 aromatic heterocycles. The Morgan fingerprint density at radius 2 is 2.14 bits per heavy atom. The van der Waals surface area contributed by atoms with Crippen molar-refractivity contribution in [1.29, 1.82) is 0 Å². The molecule has 2 rings (SSSR count). The van der Waals surface area contributed by atoms with Crippen LogP contribution >= 0.6 is 15.9 Å². The van der Waals surface area contributed by atoms with Crippen LogP contribution in [-0.4, -0.2) is 28.0 Å². The highest BCUT2D eigenvalue weighted by atomic mass is 79.9. The van der Waals surface area contributed by atoms with E-state index >= 15 is 0 Å². The topological polar surface area (TPSA) is 73.6 Å². The van der Waals surface area contributed by atoms with Gasteiger partial charge in [-0.15, -0.1) is 0 Å². The van der Waals surface area contributed by atoms with Crippen LogP contribution in [0.4, 0.5) is 0 Å². The molecule has 6 nitrogen and oxygen atoms in total. The van der Waals surface area contributed by atoms with E-state index in [0.717, 1.165) is 15.9 Å². The van der Waals surface area contributed by atoms with Gasteiger partial charge in [-0.25, -0.2) is 4.79 Å². The van der Waals surface area contributed by atoms with Gasteiger partial charge in [0.05, 0.1) is 28.5 Å². The number of rotatable bonds is 5. The number of carboxylic acids is 1. The number of carbonyl (C=O) groups is 1. The molecule has 1 aromatic carbocycles. The number of aryl methyl sites for hydroxylation is 2. The Hall–Kier alpha value is -2.02. The Labute approximate surface area is 130 Å². The van der Waals surface area contributed by atoms with Crippen LogP contribution in [-0.2, 0) is 13.7 Å². The van der Waals surface area contributed by atoms with E-state index in [0.29, 0.717) is 11.5 Å². The molecule has 1 heterocycles. The van der Waals surface area contributed by atoms with Gasteiger partial charge in [-0.1, -0.05) is 0 Å². The standard InChI is InChI=1S/C14H15BrN2O4/c1-8-13(15)10(17(2)16-8)7-21-12-6-9(14(18)19)4-5-11(12)20-3/h4-6H,7H2,1-3H3,(H,18,19). The summed E-state index contributed by atoms with van der Waals surface area (Å²) in [5.74, 6) is -0.154. The van der Waals surface area contributed by atoms with Crippen molar-refractivity contribution in [2.24, 2.45) is 7.05 Å². The number of halogens is 1. The Kier molecular flexibility index (Phi) is 4.52. The summed E-state index contributed by atoms with van der Waals surface area (Å²) in [5, 5.41) is 13.3. The lowest BCUT2D eigenvalue weighted by Crippen LogP contribution is -2.05. The van der Waals surface area contributed by atoms with Gasteiger partial charge < -0.3 is 14.6 Å². The molecule has 0 saturated heterocycles. The normalized spacial score (nSPS) is 10.5. The number of methoxy groups -OCH3 is 1. The summed E-state index contributed by atoms with van der Waals surface area (Å²) in [5.41, 5.74) is 1.86. The number of carboxylic acid groups (broad SMARTS) is 1. The molecule has 2 aromatic rings. The molecule has 0 radical (unpaired) electrons. The first-order valence-corrected chi connectivity index (χ1v) is 6.95. The molecule has 0 fully saturated rings. The lowest BCUT2D eigenvalue weighted by atomic mass is 10.2. The third-order valence-corrected chi connectivity index (χ3v) is 4.07. The van der Waals surface area contributed by atoms with E-state index in [1.165, 1.54) is 19.2 Å². The average Bonchev–Trinajstić information content (AvgIpc) is 2.69. The van der Waals surface area contributed by atoms with Gasteiger partial charge in [0.25, 0.3) is 0 Å². The fraction of sp³-hybridized carbons (Fsp3) is 0.286. The van der Waals surface area contributed by atoms with Gasteiger partial charge in [0, 0.05) is 7.05 Å². The van der Waals surface area contributed by atoms with Crippen molar-refractivity contribution in [3.8, 4) is 11.5 Å². The molecule has 0 amide bonds. The van der Waals surface area contributed by atoms with E-state index < -0.39 is 5.97 Å². The number of hydrogen-bond acceptors (Lipinski definition) is 4. The fourth-order valence-electron chi connectivity index (χ4n) is 1.91. The van der Waals surface area contributed by atoms with E-state index in [4.69, 9.17) is 14.6 Å². The minimum Gasteiger partial charge on any atom is -0.493 e. The number of aromatic nitrogens is 2. The number of benzene rings is 1. The molecule has 0 aliphatic heterocycles. The van der Waals surface area contributed by atoms with Crippen molar-refractivity contribution < 1.29 is 19.4 Å². The molecular weight excluding hydrogens is 340 g/mol. The van der Waals surface area contributed by atoms with Crippen molar-refractivity contribution >= 4 is 21.9 Å². The largest absolute Gasteiger partial charge is 0.493 e. The third-order valence-electron chi connectivity index (χ3n) is 3.04. The van der Waals surface area contributed by atoms with Crippen LogP contribution in [0, 0.1) is 6.92 Å². The molecule has 0 aliphatic carbocycles. The van der Waals surface area contributed by atoms with Crippen LogP contribution < -0.4 is 9.47 Å².